The van der Waals surface area contributed by atoms with Crippen LogP contribution >= 0.6 is 0 Å². The highest BCUT2D eigenvalue weighted by Crippen LogP contribution is 2.31. The molecule has 0 atom stereocenters. The largest absolute Gasteiger partial charge is 0.493 e. The minimum absolute atomic E-state index is 0.531. The van der Waals surface area contributed by atoms with Crippen molar-refractivity contribution in [2.24, 2.45) is 0 Å². The average molecular weight is 830 g/mol. The summed E-state index contributed by atoms with van der Waals surface area (Å²) in [6, 6.07) is 33.3. The van der Waals surface area contributed by atoms with Gasteiger partial charge in [0.2, 0.25) is 0 Å². The lowest BCUT2D eigenvalue weighted by Crippen LogP contribution is -2.59. The number of nitrogens with one attached hydrogen (secondary N) is 1. The number of rotatable bonds is 24. The molecule has 0 radical (unpaired) electrons. The zero-order valence-corrected chi connectivity index (χ0v) is 41.2. The molecule has 0 unspecified atom stereocenters. The number of benzene rings is 3. The fourth-order valence-corrected chi connectivity index (χ4v) is 18.4. The number of para-hydroxylation sites is 3. The van der Waals surface area contributed by atoms with Gasteiger partial charge in [0.25, 0.3) is 0 Å². The van der Waals surface area contributed by atoms with Crippen LogP contribution in [0.2, 0.25) is 71.0 Å². The van der Waals surface area contributed by atoms with E-state index in [4.69, 9.17) is 21.8 Å². The van der Waals surface area contributed by atoms with Gasteiger partial charge in [-0.1, -0.05) is 114 Å². The first-order valence-electron chi connectivity index (χ1n) is 20.2. The molecule has 0 amide bonds. The van der Waals surface area contributed by atoms with Gasteiger partial charge < -0.3 is 35.9 Å². The maximum Gasteiger partial charge on any atom is 0.493 e. The summed E-state index contributed by atoms with van der Waals surface area (Å²) in [7, 11) is -10.6. The molecule has 0 saturated carbocycles. The minimum atomic E-state index is -3.11. The highest BCUT2D eigenvalue weighted by molar-refractivity contribution is 6.80. The Hall–Kier alpha value is -2.06. The summed E-state index contributed by atoms with van der Waals surface area (Å²) in [6.07, 6.45) is 1.82. The zero-order chi connectivity index (χ0) is 40.3. The molecule has 0 saturated heterocycles. The Balaban J connectivity index is 0.000000780. The molecule has 0 aliphatic heterocycles. The van der Waals surface area contributed by atoms with Crippen molar-refractivity contribution in [3.05, 3.63) is 91.0 Å². The Morgan fingerprint density at radius 3 is 1.06 bits per heavy atom. The lowest BCUT2D eigenvalue weighted by atomic mass is 10.3. The quantitative estimate of drug-likeness (QED) is 0.0896. The van der Waals surface area contributed by atoms with E-state index < -0.39 is 42.3 Å². The van der Waals surface area contributed by atoms with Crippen molar-refractivity contribution in [3.63, 3.8) is 0 Å². The minimum Gasteiger partial charge on any atom is -0.411 e. The Labute approximate surface area is 335 Å². The first kappa shape index (κ1) is 48.1. The third-order valence-electron chi connectivity index (χ3n) is 8.55. The predicted octanol–water partition coefficient (Wildman–Crippen LogP) is 11.4. The summed E-state index contributed by atoms with van der Waals surface area (Å²) in [6.45, 7) is 33.3. The molecule has 3 aromatic rings. The maximum atomic E-state index is 7.11. The topological polar surface area (TPSA) is 64.7 Å². The number of hydrogen-bond acceptors (Lipinski definition) is 8. The predicted molar refractivity (Wildman–Crippen MR) is 246 cm³/mol. The third kappa shape index (κ3) is 17.4. The maximum absolute atomic E-state index is 7.11. The molecule has 0 fully saturated rings. The van der Waals surface area contributed by atoms with Crippen LogP contribution in [0.4, 0.5) is 17.1 Å². The van der Waals surface area contributed by atoms with E-state index >= 15 is 0 Å². The van der Waals surface area contributed by atoms with E-state index in [1.165, 1.54) is 17.1 Å². The zero-order valence-electron chi connectivity index (χ0n) is 36.2. The number of anilines is 3. The molecule has 3 rings (SSSR count). The second-order valence-electron chi connectivity index (χ2n) is 16.5. The smallest absolute Gasteiger partial charge is 0.411 e. The Kier molecular flexibility index (Phi) is 20.7. The summed E-state index contributed by atoms with van der Waals surface area (Å²) < 4.78 is 38.3. The van der Waals surface area contributed by atoms with Gasteiger partial charge in [-0.3, -0.25) is 0 Å². The first-order chi connectivity index (χ1) is 25.4. The van der Waals surface area contributed by atoms with Gasteiger partial charge in [0.1, 0.15) is 24.7 Å². The van der Waals surface area contributed by atoms with Crippen LogP contribution in [0.15, 0.2) is 91.0 Å². The van der Waals surface area contributed by atoms with Crippen LogP contribution in [0.1, 0.15) is 40.5 Å². The molecule has 54 heavy (non-hydrogen) atoms. The fourth-order valence-electron chi connectivity index (χ4n) is 6.49. The Morgan fingerprint density at radius 2 is 0.778 bits per heavy atom. The molecule has 13 heteroatoms. The highest BCUT2D eigenvalue weighted by Gasteiger charge is 2.53. The molecule has 0 heterocycles. The second-order valence-corrected chi connectivity index (χ2v) is 36.7. The molecule has 3 aromatic carbocycles. The lowest BCUT2D eigenvalue weighted by Gasteiger charge is -2.40. The van der Waals surface area contributed by atoms with Crippen LogP contribution < -0.4 is 14.1 Å². The van der Waals surface area contributed by atoms with Gasteiger partial charge in [0.05, 0.1) is 0 Å². The molecular formula is C41H75N3O5Si5. The number of hydrogen-bond donors (Lipinski definition) is 1. The van der Waals surface area contributed by atoms with Gasteiger partial charge in [-0.25, -0.2) is 0 Å². The Bertz CT molecular complexity index is 1310. The summed E-state index contributed by atoms with van der Waals surface area (Å²) in [5, 5.41) is 0. The summed E-state index contributed by atoms with van der Waals surface area (Å²) >= 11 is 0. The molecule has 304 valence electrons. The van der Waals surface area contributed by atoms with Gasteiger partial charge in [0.15, 0.2) is 0 Å². The Morgan fingerprint density at radius 1 is 0.463 bits per heavy atom. The van der Waals surface area contributed by atoms with E-state index in [-0.39, 0.29) is 0 Å². The van der Waals surface area contributed by atoms with Crippen LogP contribution in [0, 0.1) is 0 Å². The van der Waals surface area contributed by atoms with Crippen LogP contribution in [0.3, 0.4) is 0 Å². The van der Waals surface area contributed by atoms with E-state index in [2.05, 4.69) is 158 Å². The molecule has 8 nitrogen and oxygen atoms in total. The van der Waals surface area contributed by atoms with E-state index in [1.807, 2.05) is 33.8 Å². The van der Waals surface area contributed by atoms with E-state index in [1.54, 1.807) is 0 Å². The van der Waals surface area contributed by atoms with Crippen molar-refractivity contribution in [2.45, 2.75) is 112 Å². The lowest BCUT2D eigenvalue weighted by molar-refractivity contribution is 0.0491. The molecule has 0 spiro atoms. The van der Waals surface area contributed by atoms with Crippen molar-refractivity contribution in [1.82, 2.24) is 0 Å². The van der Waals surface area contributed by atoms with E-state index in [9.17, 15) is 0 Å². The molecular weight excluding hydrogens is 755 g/mol. The molecule has 0 aromatic heterocycles. The van der Waals surface area contributed by atoms with E-state index in [0.717, 1.165) is 38.0 Å². The standard InChI is InChI=1S/C32H60N2O5Si4.C9H15NSi/c1-11-35-42(36-12-2,29-21-27-33(40(5,6)7)31-23-17-15-18-24-31)39-43(37-13-3,38-14-4)30-22-28-34(41(8,9)10)32-25-19-16-20-26-32;1-11(2,3)10-9-7-5-4-6-8-9/h15-20,23-26H,11-14,21-22,27-30H2,1-10H3;4-8,10H,1-3H3. The molecule has 0 bridgehead atoms. The van der Waals surface area contributed by atoms with Crippen molar-refractivity contribution in [3.8, 4) is 0 Å². The van der Waals surface area contributed by atoms with Crippen molar-refractivity contribution >= 4 is 59.4 Å². The molecule has 0 aliphatic carbocycles. The highest BCUT2D eigenvalue weighted by atomic mass is 28.5. The van der Waals surface area contributed by atoms with Gasteiger partial charge in [0, 0.05) is 68.7 Å². The summed E-state index contributed by atoms with van der Waals surface area (Å²) in [4.78, 5) is 3.52. The first-order valence-corrected chi connectivity index (χ1v) is 34.4. The number of nitrogens with zero attached hydrogens (tertiary/aromatic N) is 2. The van der Waals surface area contributed by atoms with Crippen LogP contribution in [0.5, 0.6) is 0 Å². The fraction of sp³-hybridized carbons (Fsp3) is 0.561. The normalized spacial score (nSPS) is 12.5. The van der Waals surface area contributed by atoms with Gasteiger partial charge in [-0.15, -0.1) is 0 Å². The SMILES string of the molecule is CCO[Si](CCCN(c1ccccc1)[Si](C)(C)C)(OCC)O[Si](CCCN(c1ccccc1)[Si](C)(C)C)(OCC)OCC.C[Si](C)(C)Nc1ccccc1. The monoisotopic (exact) mass is 829 g/mol. The summed E-state index contributed by atoms with van der Waals surface area (Å²) in [5.74, 6) is 0. The van der Waals surface area contributed by atoms with Gasteiger partial charge >= 0.3 is 17.6 Å². The van der Waals surface area contributed by atoms with E-state index in [0.29, 0.717) is 26.4 Å². The average Bonchev–Trinajstić information content (AvgIpc) is 3.09. The third-order valence-corrected chi connectivity index (χ3v) is 21.1. The van der Waals surface area contributed by atoms with Gasteiger partial charge in [-0.2, -0.15) is 0 Å². The molecule has 0 aliphatic rings. The van der Waals surface area contributed by atoms with Crippen molar-refractivity contribution in [2.75, 3.05) is 53.6 Å². The van der Waals surface area contributed by atoms with Crippen LogP contribution in [-0.2, 0) is 21.8 Å². The molecule has 1 N–H and O–H groups in total. The summed E-state index contributed by atoms with van der Waals surface area (Å²) in [5.41, 5.74) is 3.80. The second kappa shape index (κ2) is 23.2. The van der Waals surface area contributed by atoms with Crippen molar-refractivity contribution in [1.29, 1.82) is 0 Å². The van der Waals surface area contributed by atoms with Crippen LogP contribution in [0.25, 0.3) is 0 Å². The van der Waals surface area contributed by atoms with Crippen LogP contribution in [-0.4, -0.2) is 81.8 Å². The van der Waals surface area contributed by atoms with Gasteiger partial charge in [-0.05, 0) is 76.9 Å². The van der Waals surface area contributed by atoms with Crippen molar-refractivity contribution < 1.29 is 21.8 Å².